The Morgan fingerprint density at radius 3 is 3.00 bits per heavy atom. The zero-order valence-corrected chi connectivity index (χ0v) is 11.5. The maximum absolute atomic E-state index is 13.6. The Kier molecular flexibility index (Phi) is 4.05. The predicted octanol–water partition coefficient (Wildman–Crippen LogP) is 3.29. The van der Waals surface area contributed by atoms with Gasteiger partial charge in [-0.3, -0.25) is 4.79 Å². The number of carbonyl (C=O) groups is 1. The molecule has 0 N–H and O–H groups in total. The molecule has 1 fully saturated rings. The van der Waals surface area contributed by atoms with Crippen LogP contribution in [-0.4, -0.2) is 29.8 Å². The summed E-state index contributed by atoms with van der Waals surface area (Å²) in [4.78, 5) is 13.8. The minimum Gasteiger partial charge on any atom is -0.338 e. The molecule has 0 radical (unpaired) electrons. The highest BCUT2D eigenvalue weighted by Gasteiger charge is 2.27. The van der Waals surface area contributed by atoms with Gasteiger partial charge in [0.25, 0.3) is 5.91 Å². The SMILES string of the molecule is O=C(c1cc(Br)ccc1F)N1CCC(CCl)C1. The van der Waals surface area contributed by atoms with E-state index in [2.05, 4.69) is 15.9 Å². The van der Waals surface area contributed by atoms with Gasteiger partial charge in [0, 0.05) is 23.4 Å². The van der Waals surface area contributed by atoms with Gasteiger partial charge < -0.3 is 4.90 Å². The topological polar surface area (TPSA) is 20.3 Å². The monoisotopic (exact) mass is 319 g/mol. The third kappa shape index (κ3) is 2.80. The standard InChI is InChI=1S/C12H12BrClFNO/c13-9-1-2-11(15)10(5-9)12(17)16-4-3-8(6-14)7-16/h1-2,5,8H,3-4,6-7H2. The number of carbonyl (C=O) groups excluding carboxylic acids is 1. The predicted molar refractivity (Wildman–Crippen MR) is 68.8 cm³/mol. The molecule has 0 aromatic heterocycles. The normalized spacial score (nSPS) is 19.7. The molecule has 1 aliphatic heterocycles. The molecular formula is C12H12BrClFNO. The lowest BCUT2D eigenvalue weighted by Crippen LogP contribution is -2.29. The molecule has 0 spiro atoms. The summed E-state index contributed by atoms with van der Waals surface area (Å²) < 4.78 is 14.3. The van der Waals surface area contributed by atoms with Crippen LogP contribution < -0.4 is 0 Å². The minimum atomic E-state index is -0.479. The molecule has 1 atom stereocenters. The van der Waals surface area contributed by atoms with Crippen molar-refractivity contribution in [3.05, 3.63) is 34.1 Å². The first-order chi connectivity index (χ1) is 8.11. The number of alkyl halides is 1. The number of rotatable bonds is 2. The van der Waals surface area contributed by atoms with Gasteiger partial charge in [0.1, 0.15) is 5.82 Å². The fraction of sp³-hybridized carbons (Fsp3) is 0.417. The number of hydrogen-bond acceptors (Lipinski definition) is 1. The van der Waals surface area contributed by atoms with Gasteiger partial charge in [0.2, 0.25) is 0 Å². The van der Waals surface area contributed by atoms with E-state index in [1.165, 1.54) is 12.1 Å². The van der Waals surface area contributed by atoms with Crippen LogP contribution in [0.3, 0.4) is 0 Å². The van der Waals surface area contributed by atoms with Gasteiger partial charge in [-0.05, 0) is 30.5 Å². The van der Waals surface area contributed by atoms with Gasteiger partial charge in [-0.1, -0.05) is 15.9 Å². The molecule has 2 nitrogen and oxygen atoms in total. The highest BCUT2D eigenvalue weighted by atomic mass is 79.9. The molecule has 0 bridgehead atoms. The van der Waals surface area contributed by atoms with Crippen molar-refractivity contribution in [1.82, 2.24) is 4.90 Å². The highest BCUT2D eigenvalue weighted by molar-refractivity contribution is 9.10. The van der Waals surface area contributed by atoms with Gasteiger partial charge in [-0.25, -0.2) is 4.39 Å². The van der Waals surface area contributed by atoms with Crippen LogP contribution in [0.15, 0.2) is 22.7 Å². The third-order valence-corrected chi connectivity index (χ3v) is 3.88. The van der Waals surface area contributed by atoms with Crippen molar-refractivity contribution in [3.63, 3.8) is 0 Å². The van der Waals surface area contributed by atoms with E-state index in [9.17, 15) is 9.18 Å². The Labute approximate surface area is 113 Å². The smallest absolute Gasteiger partial charge is 0.256 e. The minimum absolute atomic E-state index is 0.120. The van der Waals surface area contributed by atoms with E-state index in [0.29, 0.717) is 29.4 Å². The molecule has 17 heavy (non-hydrogen) atoms. The summed E-state index contributed by atoms with van der Waals surface area (Å²) in [5, 5.41) is 0. The molecule has 1 heterocycles. The lowest BCUT2D eigenvalue weighted by molar-refractivity contribution is 0.0783. The highest BCUT2D eigenvalue weighted by Crippen LogP contribution is 2.22. The molecule has 2 rings (SSSR count). The van der Waals surface area contributed by atoms with Crippen molar-refractivity contribution in [3.8, 4) is 0 Å². The van der Waals surface area contributed by atoms with E-state index in [1.807, 2.05) is 0 Å². The molecule has 5 heteroatoms. The molecular weight excluding hydrogens is 308 g/mol. The first-order valence-corrected chi connectivity index (χ1v) is 6.75. The summed E-state index contributed by atoms with van der Waals surface area (Å²) in [5.74, 6) is 0.143. The Morgan fingerprint density at radius 2 is 2.35 bits per heavy atom. The summed E-state index contributed by atoms with van der Waals surface area (Å²) in [5.41, 5.74) is 0.120. The van der Waals surface area contributed by atoms with Crippen molar-refractivity contribution in [2.75, 3.05) is 19.0 Å². The second-order valence-corrected chi connectivity index (χ2v) is 5.41. The van der Waals surface area contributed by atoms with Crippen molar-refractivity contribution in [1.29, 1.82) is 0 Å². The van der Waals surface area contributed by atoms with E-state index in [4.69, 9.17) is 11.6 Å². The quantitative estimate of drug-likeness (QED) is 0.766. The summed E-state index contributed by atoms with van der Waals surface area (Å²) in [6.07, 6.45) is 0.894. The van der Waals surface area contributed by atoms with Crippen LogP contribution in [0.4, 0.5) is 4.39 Å². The van der Waals surface area contributed by atoms with Crippen molar-refractivity contribution < 1.29 is 9.18 Å². The number of nitrogens with zero attached hydrogens (tertiary/aromatic N) is 1. The molecule has 1 aliphatic rings. The molecule has 0 aliphatic carbocycles. The fourth-order valence-corrected chi connectivity index (χ4v) is 2.59. The molecule has 0 saturated carbocycles. The summed E-state index contributed by atoms with van der Waals surface area (Å²) >= 11 is 9.00. The van der Waals surface area contributed by atoms with Gasteiger partial charge in [0.15, 0.2) is 0 Å². The Morgan fingerprint density at radius 1 is 1.59 bits per heavy atom. The van der Waals surface area contributed by atoms with Crippen LogP contribution in [0.2, 0.25) is 0 Å². The fourth-order valence-electron chi connectivity index (χ4n) is 1.97. The summed E-state index contributed by atoms with van der Waals surface area (Å²) in [6, 6.07) is 4.40. The summed E-state index contributed by atoms with van der Waals surface area (Å²) in [7, 11) is 0. The lowest BCUT2D eigenvalue weighted by atomic mass is 10.1. The number of hydrogen-bond donors (Lipinski definition) is 0. The second-order valence-electron chi connectivity index (χ2n) is 4.18. The van der Waals surface area contributed by atoms with Crippen molar-refractivity contribution in [2.24, 2.45) is 5.92 Å². The van der Waals surface area contributed by atoms with E-state index < -0.39 is 5.82 Å². The number of halogens is 3. The van der Waals surface area contributed by atoms with Crippen LogP contribution in [0.1, 0.15) is 16.8 Å². The van der Waals surface area contributed by atoms with E-state index in [-0.39, 0.29) is 11.5 Å². The number of amides is 1. The third-order valence-electron chi connectivity index (χ3n) is 2.95. The van der Waals surface area contributed by atoms with E-state index in [0.717, 1.165) is 6.42 Å². The second kappa shape index (κ2) is 5.36. The van der Waals surface area contributed by atoms with Gasteiger partial charge in [0.05, 0.1) is 5.56 Å². The first kappa shape index (κ1) is 12.8. The largest absolute Gasteiger partial charge is 0.338 e. The number of likely N-dealkylation sites (tertiary alicyclic amines) is 1. The van der Waals surface area contributed by atoms with Gasteiger partial charge in [-0.2, -0.15) is 0 Å². The average molecular weight is 321 g/mol. The molecule has 1 unspecified atom stereocenters. The van der Waals surface area contributed by atoms with Crippen LogP contribution in [0, 0.1) is 11.7 Å². The molecule has 1 saturated heterocycles. The number of benzene rings is 1. The Balaban J connectivity index is 2.17. The Bertz CT molecular complexity index is 441. The maximum atomic E-state index is 13.6. The zero-order valence-electron chi connectivity index (χ0n) is 9.13. The lowest BCUT2D eigenvalue weighted by Gasteiger charge is -2.16. The Hall–Kier alpha value is -0.610. The molecule has 1 aromatic carbocycles. The van der Waals surface area contributed by atoms with Crippen molar-refractivity contribution >= 4 is 33.4 Å². The van der Waals surface area contributed by atoms with Crippen LogP contribution in [0.5, 0.6) is 0 Å². The average Bonchev–Trinajstić information content (AvgIpc) is 2.80. The van der Waals surface area contributed by atoms with E-state index in [1.54, 1.807) is 11.0 Å². The molecule has 1 amide bonds. The van der Waals surface area contributed by atoms with Crippen LogP contribution in [0.25, 0.3) is 0 Å². The summed E-state index contributed by atoms with van der Waals surface area (Å²) in [6.45, 7) is 1.27. The van der Waals surface area contributed by atoms with E-state index >= 15 is 0 Å². The zero-order chi connectivity index (χ0) is 12.4. The van der Waals surface area contributed by atoms with Gasteiger partial charge in [-0.15, -0.1) is 11.6 Å². The van der Waals surface area contributed by atoms with Crippen LogP contribution in [-0.2, 0) is 0 Å². The van der Waals surface area contributed by atoms with Gasteiger partial charge >= 0.3 is 0 Å². The molecule has 1 aromatic rings. The van der Waals surface area contributed by atoms with Crippen LogP contribution >= 0.6 is 27.5 Å². The maximum Gasteiger partial charge on any atom is 0.256 e. The molecule has 92 valence electrons. The van der Waals surface area contributed by atoms with Crippen molar-refractivity contribution in [2.45, 2.75) is 6.42 Å². The first-order valence-electron chi connectivity index (χ1n) is 5.42.